The lowest BCUT2D eigenvalue weighted by atomic mass is 9.97. The molecule has 0 saturated carbocycles. The first-order valence-electron chi connectivity index (χ1n) is 9.21. The number of methoxy groups -OCH3 is 2. The van der Waals surface area contributed by atoms with Crippen molar-refractivity contribution in [2.24, 2.45) is 0 Å². The fourth-order valence-corrected chi connectivity index (χ4v) is 3.36. The first-order valence-corrected chi connectivity index (χ1v) is 9.21. The van der Waals surface area contributed by atoms with E-state index in [0.717, 1.165) is 17.7 Å². The Morgan fingerprint density at radius 2 is 2.22 bits per heavy atom. The molecule has 1 fully saturated rings. The minimum Gasteiger partial charge on any atom is -0.493 e. The van der Waals surface area contributed by atoms with E-state index in [1.807, 2.05) is 30.0 Å². The molecule has 3 rings (SSSR count). The molecule has 1 aromatic carbocycles. The van der Waals surface area contributed by atoms with Crippen LogP contribution >= 0.6 is 0 Å². The fourth-order valence-electron chi connectivity index (χ4n) is 3.36. The van der Waals surface area contributed by atoms with Crippen LogP contribution in [0.25, 0.3) is 0 Å². The summed E-state index contributed by atoms with van der Waals surface area (Å²) in [5, 5.41) is 6.82. The van der Waals surface area contributed by atoms with E-state index in [4.69, 9.17) is 14.0 Å². The van der Waals surface area contributed by atoms with Crippen LogP contribution < -0.4 is 14.8 Å². The number of hydrogen-bond acceptors (Lipinski definition) is 6. The highest BCUT2D eigenvalue weighted by molar-refractivity contribution is 5.74. The maximum Gasteiger partial charge on any atom is 0.317 e. The molecule has 0 radical (unpaired) electrons. The first-order chi connectivity index (χ1) is 13.2. The molecule has 1 atom stereocenters. The van der Waals surface area contributed by atoms with Crippen molar-refractivity contribution in [3.63, 3.8) is 0 Å². The molecule has 0 unspecified atom stereocenters. The highest BCUT2D eigenvalue weighted by atomic mass is 16.5. The number of rotatable bonds is 7. The van der Waals surface area contributed by atoms with Crippen LogP contribution in [0.1, 0.15) is 36.5 Å². The summed E-state index contributed by atoms with van der Waals surface area (Å²) in [5.41, 5.74) is 1.08. The Bertz CT molecular complexity index is 777. The number of nitrogens with zero attached hydrogens (tertiary/aromatic N) is 3. The summed E-state index contributed by atoms with van der Waals surface area (Å²) in [5.74, 6) is 2.92. The van der Waals surface area contributed by atoms with Gasteiger partial charge in [0.15, 0.2) is 17.3 Å². The smallest absolute Gasteiger partial charge is 0.317 e. The van der Waals surface area contributed by atoms with Crippen LogP contribution in [0.15, 0.2) is 22.7 Å². The van der Waals surface area contributed by atoms with Crippen molar-refractivity contribution >= 4 is 6.03 Å². The third-order valence-electron chi connectivity index (χ3n) is 4.79. The number of likely N-dealkylation sites (tertiary alicyclic amines) is 1. The second-order valence-corrected chi connectivity index (χ2v) is 6.45. The Labute approximate surface area is 158 Å². The lowest BCUT2D eigenvalue weighted by molar-refractivity contribution is 0.208. The average Bonchev–Trinajstić information content (AvgIpc) is 3.36. The van der Waals surface area contributed by atoms with Crippen LogP contribution in [0.2, 0.25) is 0 Å². The third-order valence-corrected chi connectivity index (χ3v) is 4.79. The number of urea groups is 1. The van der Waals surface area contributed by atoms with Gasteiger partial charge in [-0.1, -0.05) is 24.2 Å². The van der Waals surface area contributed by atoms with E-state index in [9.17, 15) is 4.79 Å². The molecule has 1 N–H and O–H groups in total. The van der Waals surface area contributed by atoms with E-state index in [-0.39, 0.29) is 11.9 Å². The average molecular weight is 374 g/mol. The first kappa shape index (κ1) is 19.0. The Morgan fingerprint density at radius 1 is 1.37 bits per heavy atom. The number of carbonyl (C=O) groups excluding carboxylic acids is 1. The molecule has 2 aromatic rings. The zero-order valence-corrected chi connectivity index (χ0v) is 16.0. The minimum absolute atomic E-state index is 0.0708. The molecule has 0 spiro atoms. The van der Waals surface area contributed by atoms with Crippen molar-refractivity contribution in [1.29, 1.82) is 0 Å². The number of para-hydroxylation sites is 1. The van der Waals surface area contributed by atoms with Gasteiger partial charge in [0.05, 0.1) is 14.2 Å². The Hall–Kier alpha value is -2.77. The SMILES string of the molecule is CCc1nc(CCNC(=O)N2CC[C@@H](c3cccc(OC)c3OC)C2)no1. The maximum absolute atomic E-state index is 12.4. The van der Waals surface area contributed by atoms with Gasteiger partial charge in [-0.15, -0.1) is 0 Å². The zero-order valence-electron chi connectivity index (χ0n) is 16.0. The summed E-state index contributed by atoms with van der Waals surface area (Å²) in [6.45, 7) is 3.79. The van der Waals surface area contributed by atoms with Crippen molar-refractivity contribution in [3.05, 3.63) is 35.5 Å². The van der Waals surface area contributed by atoms with Gasteiger partial charge in [0, 0.05) is 44.0 Å². The molecular weight excluding hydrogens is 348 g/mol. The zero-order chi connectivity index (χ0) is 19.2. The number of ether oxygens (including phenoxy) is 2. The summed E-state index contributed by atoms with van der Waals surface area (Å²) < 4.78 is 16.0. The molecule has 27 heavy (non-hydrogen) atoms. The minimum atomic E-state index is -0.0708. The van der Waals surface area contributed by atoms with Gasteiger partial charge in [-0.25, -0.2) is 4.79 Å². The van der Waals surface area contributed by atoms with Crippen molar-refractivity contribution in [3.8, 4) is 11.5 Å². The number of nitrogens with one attached hydrogen (secondary N) is 1. The summed E-state index contributed by atoms with van der Waals surface area (Å²) in [7, 11) is 3.27. The number of benzene rings is 1. The highest BCUT2D eigenvalue weighted by Crippen LogP contribution is 2.39. The third kappa shape index (κ3) is 4.32. The highest BCUT2D eigenvalue weighted by Gasteiger charge is 2.30. The summed E-state index contributed by atoms with van der Waals surface area (Å²) in [6.07, 6.45) is 2.15. The maximum atomic E-state index is 12.4. The number of aryl methyl sites for hydroxylation is 1. The van der Waals surface area contributed by atoms with Gasteiger partial charge in [0.1, 0.15) is 0 Å². The Kier molecular flexibility index (Phi) is 6.16. The number of amides is 2. The summed E-state index contributed by atoms with van der Waals surface area (Å²) in [6, 6.07) is 5.80. The van der Waals surface area contributed by atoms with Gasteiger partial charge in [0.2, 0.25) is 5.89 Å². The Morgan fingerprint density at radius 3 is 2.93 bits per heavy atom. The van der Waals surface area contributed by atoms with Crippen molar-refractivity contribution in [2.75, 3.05) is 33.9 Å². The normalized spacial score (nSPS) is 16.4. The van der Waals surface area contributed by atoms with Gasteiger partial charge in [-0.3, -0.25) is 0 Å². The van der Waals surface area contributed by atoms with Gasteiger partial charge in [0.25, 0.3) is 0 Å². The van der Waals surface area contributed by atoms with Crippen LogP contribution in [0, 0.1) is 0 Å². The molecule has 1 saturated heterocycles. The van der Waals surface area contributed by atoms with E-state index in [0.29, 0.717) is 49.9 Å². The van der Waals surface area contributed by atoms with Crippen LogP contribution in [-0.2, 0) is 12.8 Å². The van der Waals surface area contributed by atoms with E-state index >= 15 is 0 Å². The quantitative estimate of drug-likeness (QED) is 0.800. The molecule has 0 bridgehead atoms. The second kappa shape index (κ2) is 8.75. The van der Waals surface area contributed by atoms with E-state index < -0.39 is 0 Å². The predicted octanol–water partition coefficient (Wildman–Crippen LogP) is 2.39. The monoisotopic (exact) mass is 374 g/mol. The Balaban J connectivity index is 1.54. The number of carbonyl (C=O) groups is 1. The largest absolute Gasteiger partial charge is 0.493 e. The van der Waals surface area contributed by atoms with Crippen LogP contribution in [0.4, 0.5) is 4.79 Å². The molecule has 1 aromatic heterocycles. The molecule has 146 valence electrons. The molecule has 2 amide bonds. The predicted molar refractivity (Wildman–Crippen MR) is 99.3 cm³/mol. The molecule has 8 nitrogen and oxygen atoms in total. The van der Waals surface area contributed by atoms with E-state index in [2.05, 4.69) is 15.5 Å². The number of hydrogen-bond donors (Lipinski definition) is 1. The van der Waals surface area contributed by atoms with Gasteiger partial charge in [-0.05, 0) is 12.5 Å². The van der Waals surface area contributed by atoms with E-state index in [1.54, 1.807) is 14.2 Å². The lowest BCUT2D eigenvalue weighted by Crippen LogP contribution is -2.39. The van der Waals surface area contributed by atoms with Gasteiger partial charge in [-0.2, -0.15) is 4.98 Å². The molecule has 8 heteroatoms. The second-order valence-electron chi connectivity index (χ2n) is 6.45. The number of aromatic nitrogens is 2. The van der Waals surface area contributed by atoms with Crippen molar-refractivity contribution in [1.82, 2.24) is 20.4 Å². The van der Waals surface area contributed by atoms with Crippen LogP contribution in [-0.4, -0.2) is 54.9 Å². The topological polar surface area (TPSA) is 89.7 Å². The van der Waals surface area contributed by atoms with Crippen molar-refractivity contribution < 1.29 is 18.8 Å². The molecule has 0 aliphatic carbocycles. The van der Waals surface area contributed by atoms with Crippen LogP contribution in [0.3, 0.4) is 0 Å². The fraction of sp³-hybridized carbons (Fsp3) is 0.526. The molecular formula is C19H26N4O4. The summed E-state index contributed by atoms with van der Waals surface area (Å²) in [4.78, 5) is 18.5. The standard InChI is InChI=1S/C19H26N4O4/c1-4-17-21-16(22-27-17)8-10-20-19(24)23-11-9-13(12-23)14-6-5-7-15(25-2)18(14)26-3/h5-7,13H,4,8-12H2,1-3H3,(H,20,24)/t13-/m1/s1. The van der Waals surface area contributed by atoms with Crippen molar-refractivity contribution in [2.45, 2.75) is 32.1 Å². The van der Waals surface area contributed by atoms with E-state index in [1.165, 1.54) is 0 Å². The molecule has 1 aliphatic heterocycles. The summed E-state index contributed by atoms with van der Waals surface area (Å²) >= 11 is 0. The van der Waals surface area contributed by atoms with Gasteiger partial charge >= 0.3 is 6.03 Å². The van der Waals surface area contributed by atoms with Crippen LogP contribution in [0.5, 0.6) is 11.5 Å². The lowest BCUT2D eigenvalue weighted by Gasteiger charge is -2.19. The molecule has 2 heterocycles. The van der Waals surface area contributed by atoms with Gasteiger partial charge < -0.3 is 24.2 Å². The molecule has 1 aliphatic rings.